The lowest BCUT2D eigenvalue weighted by atomic mass is 9.64. The third-order valence-corrected chi connectivity index (χ3v) is 8.46. The summed E-state index contributed by atoms with van der Waals surface area (Å²) in [5, 5.41) is 3.07. The molecule has 7 rings (SSSR count). The van der Waals surface area contributed by atoms with E-state index in [0.717, 1.165) is 22.4 Å². The number of anilines is 2. The smallest absolute Gasteiger partial charge is 0.238 e. The van der Waals surface area contributed by atoms with Crippen molar-refractivity contribution in [3.05, 3.63) is 132 Å². The molecule has 4 heterocycles. The Morgan fingerprint density at radius 1 is 0.821 bits per heavy atom. The van der Waals surface area contributed by atoms with Crippen molar-refractivity contribution in [3.8, 4) is 0 Å². The maximum absolute atomic E-state index is 14.6. The lowest BCUT2D eigenvalue weighted by molar-refractivity contribution is -0.121. The summed E-state index contributed by atoms with van der Waals surface area (Å²) < 4.78 is 0. The van der Waals surface area contributed by atoms with E-state index in [9.17, 15) is 14.4 Å². The highest BCUT2D eigenvalue weighted by atomic mass is 16.2. The first kappa shape index (κ1) is 23.3. The van der Waals surface area contributed by atoms with Gasteiger partial charge in [-0.3, -0.25) is 19.4 Å². The molecule has 4 aromatic rings. The minimum absolute atomic E-state index is 0.190. The number of nitrogens with one attached hydrogen (secondary N) is 1. The third-order valence-electron chi connectivity index (χ3n) is 8.46. The first-order valence-corrected chi connectivity index (χ1v) is 13.0. The zero-order valence-corrected chi connectivity index (χ0v) is 21.2. The van der Waals surface area contributed by atoms with Crippen molar-refractivity contribution in [2.75, 3.05) is 10.2 Å². The molecule has 0 aliphatic carbocycles. The SMILES string of the molecule is CC1=C[C@@H]2N(c3ccccc31)[C@H](C(=O)c1ccccc1)[C@@H](C(=O)c1ccncc1)[C@@]21C(=O)Nc2ccccc21. The predicted octanol–water partition coefficient (Wildman–Crippen LogP) is 5.33. The minimum Gasteiger partial charge on any atom is -0.352 e. The van der Waals surface area contributed by atoms with Crippen LogP contribution < -0.4 is 10.2 Å². The second-order valence-electron chi connectivity index (χ2n) is 10.3. The van der Waals surface area contributed by atoms with Gasteiger partial charge in [0.1, 0.15) is 11.5 Å². The molecule has 190 valence electrons. The van der Waals surface area contributed by atoms with E-state index < -0.39 is 23.4 Å². The van der Waals surface area contributed by atoms with Crippen LogP contribution in [0.15, 0.2) is 109 Å². The average molecular weight is 512 g/mol. The van der Waals surface area contributed by atoms with Crippen molar-refractivity contribution in [2.24, 2.45) is 5.92 Å². The summed E-state index contributed by atoms with van der Waals surface area (Å²) >= 11 is 0. The van der Waals surface area contributed by atoms with E-state index in [2.05, 4.69) is 16.4 Å². The van der Waals surface area contributed by atoms with Gasteiger partial charge < -0.3 is 10.2 Å². The Bertz CT molecular complexity index is 1680. The number of nitrogens with zero attached hydrogens (tertiary/aromatic N) is 2. The van der Waals surface area contributed by atoms with Crippen LogP contribution in [-0.2, 0) is 10.2 Å². The summed E-state index contributed by atoms with van der Waals surface area (Å²) in [5.41, 5.74) is 3.86. The van der Waals surface area contributed by atoms with Gasteiger partial charge in [0, 0.05) is 40.5 Å². The number of ketones is 2. The lowest BCUT2D eigenvalue weighted by Crippen LogP contribution is -2.51. The fraction of sp³-hybridized carbons (Fsp3) is 0.152. The van der Waals surface area contributed by atoms with E-state index in [4.69, 9.17) is 0 Å². The van der Waals surface area contributed by atoms with E-state index in [0.29, 0.717) is 16.8 Å². The molecule has 0 radical (unpaired) electrons. The molecule has 6 nitrogen and oxygen atoms in total. The summed E-state index contributed by atoms with van der Waals surface area (Å²) in [7, 11) is 0. The van der Waals surface area contributed by atoms with Crippen LogP contribution in [0.1, 0.15) is 38.8 Å². The van der Waals surface area contributed by atoms with Crippen molar-refractivity contribution in [3.63, 3.8) is 0 Å². The van der Waals surface area contributed by atoms with Gasteiger partial charge in [-0.05, 0) is 42.3 Å². The highest BCUT2D eigenvalue weighted by Gasteiger charge is 2.70. The quantitative estimate of drug-likeness (QED) is 0.375. The van der Waals surface area contributed by atoms with Crippen LogP contribution in [0, 0.1) is 5.92 Å². The van der Waals surface area contributed by atoms with Gasteiger partial charge in [-0.25, -0.2) is 0 Å². The van der Waals surface area contributed by atoms with Crippen LogP contribution in [-0.4, -0.2) is 34.5 Å². The fourth-order valence-electron chi connectivity index (χ4n) is 6.86. The number of amides is 1. The second-order valence-corrected chi connectivity index (χ2v) is 10.3. The number of Topliss-reactive ketones (excluding diaryl/α,β-unsaturated/α-hetero) is 2. The maximum Gasteiger partial charge on any atom is 0.238 e. The van der Waals surface area contributed by atoms with Crippen LogP contribution in [0.5, 0.6) is 0 Å². The molecule has 3 aliphatic rings. The van der Waals surface area contributed by atoms with Gasteiger partial charge in [-0.2, -0.15) is 0 Å². The molecule has 1 spiro atoms. The Hall–Kier alpha value is -4.84. The Kier molecular flexibility index (Phi) is 5.13. The minimum atomic E-state index is -1.32. The van der Waals surface area contributed by atoms with E-state index in [1.165, 1.54) is 0 Å². The number of hydrogen-bond donors (Lipinski definition) is 1. The maximum atomic E-state index is 14.6. The predicted molar refractivity (Wildman–Crippen MR) is 150 cm³/mol. The van der Waals surface area contributed by atoms with Gasteiger partial charge in [0.25, 0.3) is 0 Å². The van der Waals surface area contributed by atoms with Crippen LogP contribution in [0.2, 0.25) is 0 Å². The Labute approximate surface area is 226 Å². The number of carbonyl (C=O) groups is 3. The molecule has 6 heteroatoms. The standard InChI is InChI=1S/C33H25N3O3/c1-20-19-27-33(24-12-6-7-13-25(24)35-32(33)39)28(30(37)22-15-17-34-18-16-22)29(31(38)21-9-3-2-4-10-21)36(27)26-14-8-5-11-23(20)26/h2-19,27-29H,1H3,(H,35,39)/t27-,28-,29-,33-/m0/s1. The lowest BCUT2D eigenvalue weighted by Gasteiger charge is -2.39. The molecule has 39 heavy (non-hydrogen) atoms. The summed E-state index contributed by atoms with van der Waals surface area (Å²) in [6.45, 7) is 2.02. The van der Waals surface area contributed by atoms with Crippen LogP contribution in [0.3, 0.4) is 0 Å². The molecule has 1 fully saturated rings. The van der Waals surface area contributed by atoms with E-state index in [-0.39, 0.29) is 17.5 Å². The monoisotopic (exact) mass is 511 g/mol. The molecular weight excluding hydrogens is 486 g/mol. The number of allylic oxidation sites excluding steroid dienone is 1. The second kappa shape index (κ2) is 8.60. The molecule has 4 atom stereocenters. The van der Waals surface area contributed by atoms with Gasteiger partial charge in [-0.15, -0.1) is 0 Å². The molecular formula is C33H25N3O3. The van der Waals surface area contributed by atoms with Gasteiger partial charge in [0.05, 0.1) is 12.0 Å². The highest BCUT2D eigenvalue weighted by molar-refractivity contribution is 6.18. The number of aromatic nitrogens is 1. The van der Waals surface area contributed by atoms with Gasteiger partial charge in [0.2, 0.25) is 5.91 Å². The molecule has 1 amide bonds. The van der Waals surface area contributed by atoms with Crippen LogP contribution >= 0.6 is 0 Å². The van der Waals surface area contributed by atoms with Crippen LogP contribution in [0.25, 0.3) is 5.57 Å². The van der Waals surface area contributed by atoms with Crippen molar-refractivity contribution in [1.82, 2.24) is 4.98 Å². The topological polar surface area (TPSA) is 79.4 Å². The molecule has 0 saturated carbocycles. The number of benzene rings is 3. The highest BCUT2D eigenvalue weighted by Crippen LogP contribution is 2.58. The van der Waals surface area contributed by atoms with Crippen LogP contribution in [0.4, 0.5) is 11.4 Å². The molecule has 1 N–H and O–H groups in total. The van der Waals surface area contributed by atoms with Gasteiger partial charge in [0.15, 0.2) is 11.6 Å². The number of pyridine rings is 1. The number of rotatable bonds is 4. The normalized spacial score (nSPS) is 24.4. The first-order chi connectivity index (χ1) is 19.0. The number of fused-ring (bicyclic) bond motifs is 6. The van der Waals surface area contributed by atoms with Gasteiger partial charge >= 0.3 is 0 Å². The summed E-state index contributed by atoms with van der Waals surface area (Å²) in [6.07, 6.45) is 5.20. The van der Waals surface area contributed by atoms with Crippen molar-refractivity contribution >= 4 is 34.4 Å². The largest absolute Gasteiger partial charge is 0.352 e. The van der Waals surface area contributed by atoms with E-state index in [1.807, 2.05) is 78.6 Å². The average Bonchev–Trinajstić information content (AvgIpc) is 3.45. The van der Waals surface area contributed by atoms with Crippen molar-refractivity contribution in [1.29, 1.82) is 0 Å². The van der Waals surface area contributed by atoms with Gasteiger partial charge in [-0.1, -0.05) is 72.8 Å². The van der Waals surface area contributed by atoms with Crippen molar-refractivity contribution in [2.45, 2.75) is 24.4 Å². The zero-order chi connectivity index (χ0) is 26.7. The summed E-state index contributed by atoms with van der Waals surface area (Å²) in [4.78, 5) is 49.6. The molecule has 0 unspecified atom stereocenters. The zero-order valence-electron chi connectivity index (χ0n) is 21.2. The van der Waals surface area contributed by atoms with E-state index >= 15 is 0 Å². The number of hydrogen-bond acceptors (Lipinski definition) is 5. The Morgan fingerprint density at radius 3 is 2.28 bits per heavy atom. The van der Waals surface area contributed by atoms with E-state index in [1.54, 1.807) is 36.7 Å². The van der Waals surface area contributed by atoms with Crippen molar-refractivity contribution < 1.29 is 14.4 Å². The third kappa shape index (κ3) is 3.15. The summed E-state index contributed by atoms with van der Waals surface area (Å²) in [5.74, 6) is -1.70. The molecule has 0 bridgehead atoms. The molecule has 1 saturated heterocycles. The molecule has 1 aromatic heterocycles. The number of carbonyl (C=O) groups excluding carboxylic acids is 3. The molecule has 3 aliphatic heterocycles. The Morgan fingerprint density at radius 2 is 1.49 bits per heavy atom. The number of para-hydroxylation sites is 2. The molecule has 3 aromatic carbocycles. The fourth-order valence-corrected chi connectivity index (χ4v) is 6.86. The first-order valence-electron chi connectivity index (χ1n) is 13.0. The summed E-state index contributed by atoms with van der Waals surface area (Å²) in [6, 6.07) is 26.3. The Balaban J connectivity index is 1.57.